The summed E-state index contributed by atoms with van der Waals surface area (Å²) in [5, 5.41) is 3.78. The summed E-state index contributed by atoms with van der Waals surface area (Å²) in [5.74, 6) is -0.0665. The lowest BCUT2D eigenvalue weighted by atomic mass is 9.95. The van der Waals surface area contributed by atoms with Crippen molar-refractivity contribution in [1.29, 1.82) is 0 Å². The number of benzene rings is 2. The summed E-state index contributed by atoms with van der Waals surface area (Å²) >= 11 is 11.9. The number of hydrogen-bond acceptors (Lipinski definition) is 6. The molecule has 2 aromatic carbocycles. The molecule has 1 fully saturated rings. The number of fused-ring (bicyclic) bond motifs is 2. The molecule has 5 rings (SSSR count). The minimum atomic E-state index is -3.98. The van der Waals surface area contributed by atoms with E-state index in [1.165, 1.54) is 28.3 Å². The van der Waals surface area contributed by atoms with Gasteiger partial charge in [0.05, 0.1) is 11.1 Å². The van der Waals surface area contributed by atoms with E-state index in [0.717, 1.165) is 24.0 Å². The molecule has 0 unspecified atom stereocenters. The second-order valence-electron chi connectivity index (χ2n) is 9.28. The number of amides is 1. The first-order valence-corrected chi connectivity index (χ1v) is 14.4. The molecule has 1 aliphatic heterocycles. The van der Waals surface area contributed by atoms with E-state index >= 15 is 0 Å². The molecule has 1 atom stereocenters. The van der Waals surface area contributed by atoms with Crippen molar-refractivity contribution < 1.29 is 13.2 Å². The fourth-order valence-corrected chi connectivity index (χ4v) is 6.45. The van der Waals surface area contributed by atoms with Crippen molar-refractivity contribution in [2.75, 3.05) is 19.0 Å². The minimum Gasteiger partial charge on any atom is -0.350 e. The zero-order chi connectivity index (χ0) is 26.9. The second-order valence-corrected chi connectivity index (χ2v) is 11.8. The first kappa shape index (κ1) is 26.4. The first-order valence-electron chi connectivity index (χ1n) is 12.1. The van der Waals surface area contributed by atoms with Crippen LogP contribution in [0.15, 0.2) is 65.7 Å². The maximum absolute atomic E-state index is 12.8. The molecule has 2 aliphatic rings. The molecule has 1 aromatic heterocycles. The molecule has 0 spiro atoms. The second kappa shape index (κ2) is 10.9. The van der Waals surface area contributed by atoms with Crippen LogP contribution in [0.4, 0.5) is 5.82 Å². The van der Waals surface area contributed by atoms with Crippen LogP contribution >= 0.6 is 23.8 Å². The number of sulfonamides is 1. The topological polar surface area (TPSA) is 115 Å². The van der Waals surface area contributed by atoms with Gasteiger partial charge in [-0.15, -0.1) is 0 Å². The zero-order valence-electron chi connectivity index (χ0n) is 20.6. The van der Waals surface area contributed by atoms with E-state index in [1.807, 2.05) is 24.3 Å². The molecule has 1 amide bonds. The van der Waals surface area contributed by atoms with E-state index < -0.39 is 16.1 Å². The van der Waals surface area contributed by atoms with Crippen LogP contribution in [0.2, 0.25) is 5.02 Å². The number of likely N-dealkylation sites (tertiary alicyclic amines) is 1. The Hall–Kier alpha value is -3.25. The van der Waals surface area contributed by atoms with E-state index in [-0.39, 0.29) is 27.7 Å². The van der Waals surface area contributed by atoms with E-state index in [9.17, 15) is 13.2 Å². The fraction of sp³-hybridized carbons (Fsp3) is 0.269. The molecule has 3 aromatic rings. The van der Waals surface area contributed by atoms with Gasteiger partial charge in [0.25, 0.3) is 0 Å². The van der Waals surface area contributed by atoms with Gasteiger partial charge >= 0.3 is 0 Å². The number of carbonyl (C=O) groups excluding carboxylic acids is 1. The Kier molecular flexibility index (Phi) is 7.53. The number of aromatic nitrogens is 1. The summed E-state index contributed by atoms with van der Waals surface area (Å²) in [6.07, 6.45) is 3.47. The molecule has 9 nitrogen and oxygen atoms in total. The van der Waals surface area contributed by atoms with Gasteiger partial charge in [0.2, 0.25) is 15.9 Å². The monoisotopic (exact) mass is 570 g/mol. The molecule has 0 bridgehead atoms. The molecular weight excluding hydrogens is 544 g/mol. The van der Waals surface area contributed by atoms with Gasteiger partial charge in [-0.2, -0.15) is 4.72 Å². The summed E-state index contributed by atoms with van der Waals surface area (Å²) in [6, 6.07) is 16.9. The maximum atomic E-state index is 12.8. The zero-order valence-corrected chi connectivity index (χ0v) is 23.0. The Morgan fingerprint density at radius 1 is 1.08 bits per heavy atom. The van der Waals surface area contributed by atoms with Gasteiger partial charge in [-0.1, -0.05) is 60.1 Å². The van der Waals surface area contributed by atoms with Crippen molar-refractivity contribution in [2.24, 2.45) is 0 Å². The highest BCUT2D eigenvalue weighted by molar-refractivity contribution is 7.89. The Bertz CT molecular complexity index is 1450. The number of nitrogens with zero attached hydrogens (tertiary/aromatic N) is 2. The van der Waals surface area contributed by atoms with Crippen LogP contribution in [0, 0.1) is 0 Å². The van der Waals surface area contributed by atoms with Crippen LogP contribution in [0.1, 0.15) is 34.7 Å². The molecule has 198 valence electrons. The van der Waals surface area contributed by atoms with Gasteiger partial charge in [0, 0.05) is 19.8 Å². The van der Waals surface area contributed by atoms with Gasteiger partial charge in [0.1, 0.15) is 10.9 Å². The Morgan fingerprint density at radius 2 is 1.71 bits per heavy atom. The van der Waals surface area contributed by atoms with Crippen LogP contribution in [0.3, 0.4) is 0 Å². The lowest BCUT2D eigenvalue weighted by Crippen LogP contribution is -2.41. The normalized spacial score (nSPS) is 17.4. The average molecular weight is 571 g/mol. The standard InChI is InChI=1S/C26H27ClN6O3S2/c1-33-13-12-22(25(33)34)32-38(35,36)18-14-21(27)24(28-15-18)30-31-26(37)29-23-19-8-4-2-6-16(19)10-11-17-7-3-5-9-20(17)23/h2-9,14-15,22-23,32H,10-13H2,1H3,(H,28,30)(H2,29,31,37)/t22-/m1/s1. The predicted molar refractivity (Wildman–Crippen MR) is 150 cm³/mol. The van der Waals surface area contributed by atoms with Gasteiger partial charge in [-0.25, -0.2) is 13.4 Å². The number of thiocarbonyl (C=S) groups is 1. The number of nitrogens with one attached hydrogen (secondary N) is 4. The summed E-state index contributed by atoms with van der Waals surface area (Å²) in [6.45, 7) is 0.492. The molecular formula is C26H27ClN6O3S2. The van der Waals surface area contributed by atoms with Crippen molar-refractivity contribution in [2.45, 2.75) is 36.2 Å². The number of anilines is 1. The van der Waals surface area contributed by atoms with Gasteiger partial charge in [-0.3, -0.25) is 15.6 Å². The SMILES string of the molecule is CN1CC[C@@H](NS(=O)(=O)c2cnc(NNC(=S)NC3c4ccccc4CCc4ccccc43)c(Cl)c2)C1=O. The Balaban J connectivity index is 1.27. The number of rotatable bonds is 6. The number of pyridine rings is 1. The minimum absolute atomic E-state index is 0.0724. The lowest BCUT2D eigenvalue weighted by Gasteiger charge is -2.24. The van der Waals surface area contributed by atoms with E-state index in [4.69, 9.17) is 23.8 Å². The molecule has 4 N–H and O–H groups in total. The van der Waals surface area contributed by atoms with Gasteiger partial charge < -0.3 is 10.2 Å². The molecule has 2 heterocycles. The van der Waals surface area contributed by atoms with Crippen molar-refractivity contribution in [1.82, 2.24) is 25.3 Å². The summed E-state index contributed by atoms with van der Waals surface area (Å²) in [5.41, 5.74) is 10.6. The van der Waals surface area contributed by atoms with Crippen molar-refractivity contribution in [3.8, 4) is 0 Å². The first-order chi connectivity index (χ1) is 18.2. The predicted octanol–water partition coefficient (Wildman–Crippen LogP) is 2.92. The van der Waals surface area contributed by atoms with E-state index in [1.54, 1.807) is 7.05 Å². The van der Waals surface area contributed by atoms with Crippen molar-refractivity contribution in [3.63, 3.8) is 0 Å². The number of halogens is 1. The van der Waals surface area contributed by atoms with Crippen LogP contribution < -0.4 is 20.9 Å². The number of carbonyl (C=O) groups is 1. The number of likely N-dealkylation sites (N-methyl/N-ethyl adjacent to an activating group) is 1. The van der Waals surface area contributed by atoms with Crippen molar-refractivity contribution >= 4 is 50.7 Å². The summed E-state index contributed by atoms with van der Waals surface area (Å²) in [4.78, 5) is 17.6. The molecule has 0 saturated carbocycles. The third kappa shape index (κ3) is 5.46. The molecule has 1 saturated heterocycles. The molecule has 1 aliphatic carbocycles. The van der Waals surface area contributed by atoms with Crippen LogP contribution in [-0.4, -0.2) is 49.0 Å². The van der Waals surface area contributed by atoms with Gasteiger partial charge in [-0.05, 0) is 59.8 Å². The number of hydrazine groups is 1. The smallest absolute Gasteiger partial charge is 0.242 e. The third-order valence-corrected chi connectivity index (χ3v) is 8.76. The average Bonchev–Trinajstić information content (AvgIpc) is 3.12. The highest BCUT2D eigenvalue weighted by Gasteiger charge is 2.33. The Morgan fingerprint density at radius 3 is 2.29 bits per heavy atom. The lowest BCUT2D eigenvalue weighted by molar-refractivity contribution is -0.127. The molecule has 12 heteroatoms. The molecule has 38 heavy (non-hydrogen) atoms. The van der Waals surface area contributed by atoms with Crippen LogP contribution in [0.5, 0.6) is 0 Å². The quantitative estimate of drug-likeness (QED) is 0.264. The molecule has 0 radical (unpaired) electrons. The Labute approximate surface area is 232 Å². The van der Waals surface area contributed by atoms with Crippen LogP contribution in [-0.2, 0) is 27.7 Å². The summed E-state index contributed by atoms with van der Waals surface area (Å²) in [7, 11) is -2.35. The summed E-state index contributed by atoms with van der Waals surface area (Å²) < 4.78 is 28.0. The number of hydrogen-bond donors (Lipinski definition) is 4. The maximum Gasteiger partial charge on any atom is 0.242 e. The third-order valence-electron chi connectivity index (χ3n) is 6.82. The van der Waals surface area contributed by atoms with Gasteiger partial charge in [0.15, 0.2) is 10.9 Å². The highest BCUT2D eigenvalue weighted by atomic mass is 35.5. The van der Waals surface area contributed by atoms with E-state index in [0.29, 0.717) is 18.1 Å². The number of aryl methyl sites for hydroxylation is 2. The fourth-order valence-electron chi connectivity index (χ4n) is 4.81. The largest absolute Gasteiger partial charge is 0.350 e. The van der Waals surface area contributed by atoms with Crippen molar-refractivity contribution in [3.05, 3.63) is 88.1 Å². The highest BCUT2D eigenvalue weighted by Crippen LogP contribution is 2.32. The van der Waals surface area contributed by atoms with E-state index in [2.05, 4.69) is 50.1 Å². The van der Waals surface area contributed by atoms with Crippen LogP contribution in [0.25, 0.3) is 0 Å².